The summed E-state index contributed by atoms with van der Waals surface area (Å²) in [6.45, 7) is 3.37. The third kappa shape index (κ3) is 3.70. The molecule has 0 aliphatic carbocycles. The van der Waals surface area contributed by atoms with Crippen molar-refractivity contribution < 1.29 is 9.59 Å². The fourth-order valence-corrected chi connectivity index (χ4v) is 2.21. The highest BCUT2D eigenvalue weighted by Crippen LogP contribution is 2.09. The quantitative estimate of drug-likeness (QED) is 0.757. The van der Waals surface area contributed by atoms with Gasteiger partial charge < -0.3 is 16.0 Å². The molecule has 7 heteroatoms. The largest absolute Gasteiger partial charge is 0.382 e. The molecule has 0 spiro atoms. The third-order valence-electron chi connectivity index (χ3n) is 3.04. The van der Waals surface area contributed by atoms with E-state index in [1.807, 2.05) is 6.92 Å². The number of rotatable bonds is 5. The van der Waals surface area contributed by atoms with Gasteiger partial charge in [-0.25, -0.2) is 0 Å². The molecule has 1 saturated heterocycles. The lowest BCUT2D eigenvalue weighted by Crippen LogP contribution is -2.43. The minimum Gasteiger partial charge on any atom is -0.382 e. The van der Waals surface area contributed by atoms with Gasteiger partial charge in [-0.3, -0.25) is 14.3 Å². The molecule has 1 aliphatic heterocycles. The van der Waals surface area contributed by atoms with E-state index >= 15 is 0 Å². The van der Waals surface area contributed by atoms with Gasteiger partial charge in [-0.05, 0) is 19.4 Å². The molecule has 0 bridgehead atoms. The van der Waals surface area contributed by atoms with E-state index in [0.717, 1.165) is 13.0 Å². The van der Waals surface area contributed by atoms with Crippen LogP contribution in [-0.4, -0.2) is 45.6 Å². The highest BCUT2D eigenvalue weighted by molar-refractivity contribution is 5.78. The second-order valence-electron chi connectivity index (χ2n) is 4.85. The first-order valence-corrected chi connectivity index (χ1v) is 6.40. The molecule has 2 rings (SSSR count). The number of aromatic nitrogens is 2. The molecule has 0 saturated carbocycles. The van der Waals surface area contributed by atoms with Crippen LogP contribution < -0.4 is 11.1 Å². The van der Waals surface area contributed by atoms with Gasteiger partial charge in [0, 0.05) is 31.7 Å². The molecular formula is C12H19N5O2. The normalized spacial score (nSPS) is 16.7. The maximum atomic E-state index is 11.8. The van der Waals surface area contributed by atoms with Crippen molar-refractivity contribution >= 4 is 17.6 Å². The Morgan fingerprint density at radius 3 is 3.00 bits per heavy atom. The van der Waals surface area contributed by atoms with Crippen molar-refractivity contribution in [2.24, 2.45) is 0 Å². The second kappa shape index (κ2) is 5.73. The molecule has 104 valence electrons. The Hall–Kier alpha value is -2.05. The van der Waals surface area contributed by atoms with Crippen LogP contribution in [0.1, 0.15) is 19.8 Å². The number of nitrogens with one attached hydrogen (secondary N) is 1. The van der Waals surface area contributed by atoms with Crippen molar-refractivity contribution in [3.63, 3.8) is 0 Å². The Labute approximate surface area is 111 Å². The molecule has 1 fully saturated rings. The number of carbonyl (C=O) groups is 2. The molecule has 2 heterocycles. The minimum atomic E-state index is -0.137. The van der Waals surface area contributed by atoms with E-state index in [-0.39, 0.29) is 24.4 Å². The number of anilines is 1. The highest BCUT2D eigenvalue weighted by atomic mass is 16.2. The Balaban J connectivity index is 1.76. The summed E-state index contributed by atoms with van der Waals surface area (Å²) in [6, 6.07) is 1.57. The number of nitrogen functional groups attached to an aromatic ring is 1. The lowest BCUT2D eigenvalue weighted by atomic mass is 10.3. The second-order valence-corrected chi connectivity index (χ2v) is 4.85. The van der Waals surface area contributed by atoms with Gasteiger partial charge in [-0.15, -0.1) is 0 Å². The predicted molar refractivity (Wildman–Crippen MR) is 70.1 cm³/mol. The molecule has 3 N–H and O–H groups in total. The molecule has 1 aromatic heterocycles. The fraction of sp³-hybridized carbons (Fsp3) is 0.583. The van der Waals surface area contributed by atoms with E-state index in [1.54, 1.807) is 17.2 Å². The van der Waals surface area contributed by atoms with Gasteiger partial charge in [0.15, 0.2) is 0 Å². The topological polar surface area (TPSA) is 93.2 Å². The van der Waals surface area contributed by atoms with Crippen LogP contribution in [0.5, 0.6) is 0 Å². The van der Waals surface area contributed by atoms with Gasteiger partial charge >= 0.3 is 0 Å². The Morgan fingerprint density at radius 1 is 1.63 bits per heavy atom. The van der Waals surface area contributed by atoms with Crippen LogP contribution in [0, 0.1) is 0 Å². The van der Waals surface area contributed by atoms with Crippen LogP contribution in [0.25, 0.3) is 0 Å². The van der Waals surface area contributed by atoms with Crippen LogP contribution in [0.3, 0.4) is 0 Å². The number of nitrogens with zero attached hydrogens (tertiary/aromatic N) is 3. The minimum absolute atomic E-state index is 0.0672. The molecule has 1 aromatic rings. The highest BCUT2D eigenvalue weighted by Gasteiger charge is 2.22. The SMILES string of the molecule is CC(CN1CCCC1=O)NC(=O)Cn1ccc(N)n1. The number of hydrogen-bond acceptors (Lipinski definition) is 4. The summed E-state index contributed by atoms with van der Waals surface area (Å²) in [5.41, 5.74) is 5.47. The van der Waals surface area contributed by atoms with Crippen molar-refractivity contribution in [2.45, 2.75) is 32.4 Å². The lowest BCUT2D eigenvalue weighted by Gasteiger charge is -2.21. The fourth-order valence-electron chi connectivity index (χ4n) is 2.21. The smallest absolute Gasteiger partial charge is 0.242 e. The van der Waals surface area contributed by atoms with E-state index in [0.29, 0.717) is 18.8 Å². The van der Waals surface area contributed by atoms with Crippen LogP contribution in [0.4, 0.5) is 5.82 Å². The van der Waals surface area contributed by atoms with Crippen LogP contribution in [0.2, 0.25) is 0 Å². The van der Waals surface area contributed by atoms with E-state index in [4.69, 9.17) is 5.73 Å². The average Bonchev–Trinajstić information content (AvgIpc) is 2.89. The lowest BCUT2D eigenvalue weighted by molar-refractivity contribution is -0.129. The molecule has 1 aliphatic rings. The van der Waals surface area contributed by atoms with Gasteiger partial charge in [0.05, 0.1) is 0 Å². The van der Waals surface area contributed by atoms with Crippen LogP contribution >= 0.6 is 0 Å². The van der Waals surface area contributed by atoms with Gasteiger partial charge in [-0.1, -0.05) is 0 Å². The van der Waals surface area contributed by atoms with Crippen molar-refractivity contribution in [3.8, 4) is 0 Å². The summed E-state index contributed by atoms with van der Waals surface area (Å²) in [7, 11) is 0. The maximum absolute atomic E-state index is 11.8. The molecular weight excluding hydrogens is 246 g/mol. The first-order valence-electron chi connectivity index (χ1n) is 6.40. The summed E-state index contributed by atoms with van der Waals surface area (Å²) in [5.74, 6) is 0.423. The van der Waals surface area contributed by atoms with Gasteiger partial charge in [0.2, 0.25) is 11.8 Å². The van der Waals surface area contributed by atoms with E-state index < -0.39 is 0 Å². The zero-order valence-corrected chi connectivity index (χ0v) is 11.0. The molecule has 7 nitrogen and oxygen atoms in total. The zero-order valence-electron chi connectivity index (χ0n) is 11.0. The van der Waals surface area contributed by atoms with E-state index in [1.165, 1.54) is 4.68 Å². The number of amides is 2. The summed E-state index contributed by atoms with van der Waals surface area (Å²) < 4.78 is 1.48. The van der Waals surface area contributed by atoms with Crippen molar-refractivity contribution in [2.75, 3.05) is 18.8 Å². The van der Waals surface area contributed by atoms with E-state index in [2.05, 4.69) is 10.4 Å². The maximum Gasteiger partial charge on any atom is 0.242 e. The Kier molecular flexibility index (Phi) is 4.03. The third-order valence-corrected chi connectivity index (χ3v) is 3.04. The number of carbonyl (C=O) groups excluding carboxylic acids is 2. The number of hydrogen-bond donors (Lipinski definition) is 2. The standard InChI is InChI=1S/C12H19N5O2/c1-9(7-16-5-2-3-12(16)19)14-11(18)8-17-6-4-10(13)15-17/h4,6,9H,2-3,5,7-8H2,1H3,(H2,13,15)(H,14,18). The Bertz CT molecular complexity index is 470. The number of nitrogens with two attached hydrogens (primary N) is 1. The van der Waals surface area contributed by atoms with Gasteiger partial charge in [-0.2, -0.15) is 5.10 Å². The zero-order chi connectivity index (χ0) is 13.8. The van der Waals surface area contributed by atoms with Crippen molar-refractivity contribution in [1.82, 2.24) is 20.0 Å². The predicted octanol–water partition coefficient (Wildman–Crippen LogP) is -0.408. The van der Waals surface area contributed by atoms with Crippen LogP contribution in [-0.2, 0) is 16.1 Å². The monoisotopic (exact) mass is 265 g/mol. The summed E-state index contributed by atoms with van der Waals surface area (Å²) in [5, 5.41) is 6.79. The molecule has 1 unspecified atom stereocenters. The molecule has 1 atom stereocenters. The van der Waals surface area contributed by atoms with Gasteiger partial charge in [0.25, 0.3) is 0 Å². The average molecular weight is 265 g/mol. The summed E-state index contributed by atoms with van der Waals surface area (Å²) >= 11 is 0. The molecule has 0 aromatic carbocycles. The summed E-state index contributed by atoms with van der Waals surface area (Å²) in [4.78, 5) is 25.0. The van der Waals surface area contributed by atoms with E-state index in [9.17, 15) is 9.59 Å². The Morgan fingerprint density at radius 2 is 2.42 bits per heavy atom. The summed E-state index contributed by atoms with van der Waals surface area (Å²) in [6.07, 6.45) is 3.18. The number of likely N-dealkylation sites (tertiary alicyclic amines) is 1. The molecule has 2 amide bonds. The van der Waals surface area contributed by atoms with Crippen molar-refractivity contribution in [1.29, 1.82) is 0 Å². The first kappa shape index (κ1) is 13.4. The van der Waals surface area contributed by atoms with Crippen LogP contribution in [0.15, 0.2) is 12.3 Å². The van der Waals surface area contributed by atoms with Gasteiger partial charge in [0.1, 0.15) is 12.4 Å². The molecule has 0 radical (unpaired) electrons. The molecule has 19 heavy (non-hydrogen) atoms. The van der Waals surface area contributed by atoms with Crippen molar-refractivity contribution in [3.05, 3.63) is 12.3 Å². The first-order chi connectivity index (χ1) is 9.04.